The van der Waals surface area contributed by atoms with E-state index < -0.39 is 0 Å². The van der Waals surface area contributed by atoms with Gasteiger partial charge in [-0.15, -0.1) is 0 Å². The van der Waals surface area contributed by atoms with Gasteiger partial charge in [0.25, 0.3) is 0 Å². The van der Waals surface area contributed by atoms with Crippen LogP contribution in [0.4, 0.5) is 0 Å². The van der Waals surface area contributed by atoms with E-state index in [1.165, 1.54) is 32.2 Å². The van der Waals surface area contributed by atoms with Crippen molar-refractivity contribution in [2.75, 3.05) is 19.7 Å². The van der Waals surface area contributed by atoms with E-state index in [1.807, 2.05) is 0 Å². The molecular weight excluding hydrogens is 162 g/mol. The largest absolute Gasteiger partial charge is 0.396 e. The summed E-state index contributed by atoms with van der Waals surface area (Å²) < 4.78 is 0. The fourth-order valence-corrected chi connectivity index (χ4v) is 2.92. The van der Waals surface area contributed by atoms with Gasteiger partial charge >= 0.3 is 0 Å². The molecule has 2 rings (SSSR count). The summed E-state index contributed by atoms with van der Waals surface area (Å²) in [5.74, 6) is 3.12. The van der Waals surface area contributed by atoms with E-state index in [-0.39, 0.29) is 0 Å². The van der Waals surface area contributed by atoms with Gasteiger partial charge in [-0.25, -0.2) is 0 Å². The molecule has 0 aliphatic heterocycles. The molecule has 2 heteroatoms. The van der Waals surface area contributed by atoms with Gasteiger partial charge in [0, 0.05) is 6.61 Å². The van der Waals surface area contributed by atoms with Crippen molar-refractivity contribution < 1.29 is 5.11 Å². The molecule has 76 valence electrons. The van der Waals surface area contributed by atoms with Crippen molar-refractivity contribution >= 4 is 0 Å². The van der Waals surface area contributed by atoms with E-state index in [0.717, 1.165) is 30.7 Å². The van der Waals surface area contributed by atoms with Gasteiger partial charge in [0.05, 0.1) is 0 Å². The summed E-state index contributed by atoms with van der Waals surface area (Å²) in [4.78, 5) is 0. The number of nitrogens with one attached hydrogen (secondary N) is 1. The van der Waals surface area contributed by atoms with Gasteiger partial charge in [0.1, 0.15) is 0 Å². The Morgan fingerprint density at radius 3 is 2.46 bits per heavy atom. The Kier molecular flexibility index (Phi) is 3.23. The van der Waals surface area contributed by atoms with Gasteiger partial charge < -0.3 is 10.4 Å². The lowest BCUT2D eigenvalue weighted by molar-refractivity contribution is 0.285. The minimum atomic E-state index is 0.324. The van der Waals surface area contributed by atoms with Crippen molar-refractivity contribution in [2.24, 2.45) is 17.8 Å². The number of fused-ring (bicyclic) bond motifs is 1. The van der Waals surface area contributed by atoms with Gasteiger partial charge in [0.2, 0.25) is 0 Å². The lowest BCUT2D eigenvalue weighted by atomic mass is 10.0. The van der Waals surface area contributed by atoms with Gasteiger partial charge in [-0.2, -0.15) is 0 Å². The van der Waals surface area contributed by atoms with E-state index in [9.17, 15) is 0 Å². The molecule has 2 unspecified atom stereocenters. The Morgan fingerprint density at radius 2 is 1.85 bits per heavy atom. The SMILES string of the molecule is OCCCNCC1C2CCCCC21. The zero-order valence-electron chi connectivity index (χ0n) is 8.34. The van der Waals surface area contributed by atoms with Crippen LogP contribution in [0.1, 0.15) is 32.1 Å². The summed E-state index contributed by atoms with van der Waals surface area (Å²) in [5.41, 5.74) is 0. The molecule has 0 radical (unpaired) electrons. The Balaban J connectivity index is 1.57. The maximum absolute atomic E-state index is 8.61. The molecule has 2 nitrogen and oxygen atoms in total. The molecule has 2 aliphatic rings. The predicted molar refractivity (Wildman–Crippen MR) is 53.5 cm³/mol. The smallest absolute Gasteiger partial charge is 0.0443 e. The highest BCUT2D eigenvalue weighted by molar-refractivity contribution is 4.99. The van der Waals surface area contributed by atoms with Gasteiger partial charge in [-0.3, -0.25) is 0 Å². The van der Waals surface area contributed by atoms with E-state index in [2.05, 4.69) is 5.32 Å². The topological polar surface area (TPSA) is 32.3 Å². The Labute approximate surface area is 80.7 Å². The fraction of sp³-hybridized carbons (Fsp3) is 1.00. The summed E-state index contributed by atoms with van der Waals surface area (Å²) in [6.45, 7) is 2.52. The third-order valence-corrected chi connectivity index (χ3v) is 3.73. The molecule has 0 spiro atoms. The number of hydrogen-bond acceptors (Lipinski definition) is 2. The first kappa shape index (κ1) is 9.47. The summed E-state index contributed by atoms with van der Waals surface area (Å²) in [6, 6.07) is 0. The Bertz CT molecular complexity index is 148. The molecule has 0 saturated heterocycles. The molecule has 0 aromatic carbocycles. The van der Waals surface area contributed by atoms with Gasteiger partial charge in [0.15, 0.2) is 0 Å². The monoisotopic (exact) mass is 183 g/mol. The second-order valence-corrected chi connectivity index (χ2v) is 4.56. The Hall–Kier alpha value is -0.0800. The second kappa shape index (κ2) is 4.43. The van der Waals surface area contributed by atoms with E-state index >= 15 is 0 Å². The first-order chi connectivity index (χ1) is 6.43. The molecule has 2 aliphatic carbocycles. The highest BCUT2D eigenvalue weighted by Gasteiger charge is 2.49. The molecule has 0 heterocycles. The van der Waals surface area contributed by atoms with Crippen LogP contribution in [0.25, 0.3) is 0 Å². The highest BCUT2D eigenvalue weighted by Crippen LogP contribution is 2.54. The summed E-state index contributed by atoms with van der Waals surface area (Å²) >= 11 is 0. The molecule has 0 aromatic rings. The number of aliphatic hydroxyl groups is 1. The molecule has 2 fully saturated rings. The van der Waals surface area contributed by atoms with Crippen LogP contribution in [-0.2, 0) is 0 Å². The summed E-state index contributed by atoms with van der Waals surface area (Å²) in [6.07, 6.45) is 6.80. The maximum atomic E-state index is 8.61. The van der Waals surface area contributed by atoms with Crippen LogP contribution in [0.3, 0.4) is 0 Å². The lowest BCUT2D eigenvalue weighted by Crippen LogP contribution is -2.19. The van der Waals surface area contributed by atoms with Crippen molar-refractivity contribution in [1.82, 2.24) is 5.32 Å². The molecule has 0 amide bonds. The van der Waals surface area contributed by atoms with Crippen LogP contribution in [0.2, 0.25) is 0 Å². The van der Waals surface area contributed by atoms with Crippen LogP contribution in [-0.4, -0.2) is 24.8 Å². The molecule has 13 heavy (non-hydrogen) atoms. The third-order valence-electron chi connectivity index (χ3n) is 3.73. The second-order valence-electron chi connectivity index (χ2n) is 4.56. The van der Waals surface area contributed by atoms with Crippen LogP contribution in [0, 0.1) is 17.8 Å². The van der Waals surface area contributed by atoms with Crippen molar-refractivity contribution in [2.45, 2.75) is 32.1 Å². The normalized spacial score (nSPS) is 37.2. The van der Waals surface area contributed by atoms with Crippen LogP contribution < -0.4 is 5.32 Å². The van der Waals surface area contributed by atoms with E-state index in [1.54, 1.807) is 0 Å². The maximum Gasteiger partial charge on any atom is 0.0443 e. The lowest BCUT2D eigenvalue weighted by Gasteiger charge is -2.04. The summed E-state index contributed by atoms with van der Waals surface area (Å²) in [5, 5.41) is 12.1. The molecule has 2 atom stereocenters. The van der Waals surface area contributed by atoms with Crippen molar-refractivity contribution in [1.29, 1.82) is 0 Å². The van der Waals surface area contributed by atoms with Gasteiger partial charge in [-0.1, -0.05) is 12.8 Å². The van der Waals surface area contributed by atoms with Crippen LogP contribution in [0.5, 0.6) is 0 Å². The first-order valence-electron chi connectivity index (χ1n) is 5.75. The summed E-state index contributed by atoms with van der Waals surface area (Å²) in [7, 11) is 0. The molecule has 2 N–H and O–H groups in total. The van der Waals surface area contributed by atoms with E-state index in [4.69, 9.17) is 5.11 Å². The van der Waals surface area contributed by atoms with Crippen molar-refractivity contribution in [3.05, 3.63) is 0 Å². The van der Waals surface area contributed by atoms with Crippen LogP contribution >= 0.6 is 0 Å². The van der Waals surface area contributed by atoms with Crippen molar-refractivity contribution in [3.8, 4) is 0 Å². The quantitative estimate of drug-likeness (QED) is 0.631. The first-order valence-corrected chi connectivity index (χ1v) is 5.75. The average molecular weight is 183 g/mol. The van der Waals surface area contributed by atoms with E-state index in [0.29, 0.717) is 6.61 Å². The minimum absolute atomic E-state index is 0.324. The number of hydrogen-bond donors (Lipinski definition) is 2. The zero-order chi connectivity index (χ0) is 9.10. The molecule has 0 bridgehead atoms. The predicted octanol–water partition coefficient (Wildman–Crippen LogP) is 1.39. The fourth-order valence-electron chi connectivity index (χ4n) is 2.92. The molecule has 0 aromatic heterocycles. The van der Waals surface area contributed by atoms with Crippen molar-refractivity contribution in [3.63, 3.8) is 0 Å². The number of rotatable bonds is 5. The standard InChI is InChI=1S/C11H21NO/c13-7-3-6-12-8-11-9-4-1-2-5-10(9)11/h9-13H,1-8H2. The third kappa shape index (κ3) is 2.23. The van der Waals surface area contributed by atoms with Crippen LogP contribution in [0.15, 0.2) is 0 Å². The number of aliphatic hydroxyl groups excluding tert-OH is 1. The molecular formula is C11H21NO. The zero-order valence-corrected chi connectivity index (χ0v) is 8.34. The molecule has 2 saturated carbocycles. The highest BCUT2D eigenvalue weighted by atomic mass is 16.3. The minimum Gasteiger partial charge on any atom is -0.396 e. The van der Waals surface area contributed by atoms with Gasteiger partial charge in [-0.05, 0) is 50.1 Å². The Morgan fingerprint density at radius 1 is 1.15 bits per heavy atom. The average Bonchev–Trinajstić information content (AvgIpc) is 2.87.